The molecule has 4 nitrogen and oxygen atoms in total. The third kappa shape index (κ3) is 4.11. The number of nitrogens with one attached hydrogen (secondary N) is 1. The van der Waals surface area contributed by atoms with E-state index >= 15 is 0 Å². The maximum absolute atomic E-state index is 12.2. The average Bonchev–Trinajstić information content (AvgIpc) is 2.49. The first-order valence-electron chi connectivity index (χ1n) is 7.54. The van der Waals surface area contributed by atoms with Crippen molar-refractivity contribution < 1.29 is 9.90 Å². The minimum atomic E-state index is -0.253. The van der Waals surface area contributed by atoms with Crippen LogP contribution in [0.3, 0.4) is 0 Å². The molecule has 1 aliphatic heterocycles. The highest BCUT2D eigenvalue weighted by Crippen LogP contribution is 2.22. The fourth-order valence-corrected chi connectivity index (χ4v) is 2.87. The molecule has 2 N–H and O–H groups in total. The fraction of sp³-hybridized carbons (Fsp3) is 0.562. The van der Waals surface area contributed by atoms with Crippen molar-refractivity contribution in [3.63, 3.8) is 0 Å². The number of phenolic OH excluding ortho intramolecular Hbond substituents is 1. The van der Waals surface area contributed by atoms with Gasteiger partial charge in [0.15, 0.2) is 0 Å². The van der Waals surface area contributed by atoms with Crippen LogP contribution in [0, 0.1) is 0 Å². The molecule has 0 aliphatic carbocycles. The molecule has 1 saturated heterocycles. The van der Waals surface area contributed by atoms with Crippen LogP contribution in [0.25, 0.3) is 0 Å². The Kier molecular flexibility index (Phi) is 5.48. The second kappa shape index (κ2) is 7.14. The standard InChI is InChI=1S/C16H23ClN2O2/c1-3-11(2)19-8-6-13(7-9-19)18-16(21)14-10-12(17)4-5-15(14)20/h4-5,10-11,13,20H,3,6-9H2,1-2H3,(H,18,21). The second-order valence-corrected chi connectivity index (χ2v) is 6.14. The van der Waals surface area contributed by atoms with E-state index in [0.29, 0.717) is 11.1 Å². The van der Waals surface area contributed by atoms with Gasteiger partial charge in [0.25, 0.3) is 5.91 Å². The van der Waals surface area contributed by atoms with Crippen molar-refractivity contribution in [2.75, 3.05) is 13.1 Å². The van der Waals surface area contributed by atoms with Gasteiger partial charge in [-0.25, -0.2) is 0 Å². The van der Waals surface area contributed by atoms with Gasteiger partial charge in [0.1, 0.15) is 5.75 Å². The van der Waals surface area contributed by atoms with Gasteiger partial charge in [-0.1, -0.05) is 18.5 Å². The first kappa shape index (κ1) is 16.1. The molecule has 1 aromatic carbocycles. The topological polar surface area (TPSA) is 52.6 Å². The lowest BCUT2D eigenvalue weighted by Crippen LogP contribution is -2.47. The third-order valence-corrected chi connectivity index (χ3v) is 4.52. The van der Waals surface area contributed by atoms with Gasteiger partial charge >= 0.3 is 0 Å². The normalized spacial score (nSPS) is 18.4. The highest BCUT2D eigenvalue weighted by atomic mass is 35.5. The molecule has 0 spiro atoms. The van der Waals surface area contributed by atoms with Gasteiger partial charge in [-0.05, 0) is 44.4 Å². The van der Waals surface area contributed by atoms with E-state index in [-0.39, 0.29) is 23.3 Å². The monoisotopic (exact) mass is 310 g/mol. The molecule has 2 rings (SSSR count). The Bertz CT molecular complexity index is 499. The molecule has 1 amide bonds. The van der Waals surface area contributed by atoms with Gasteiger partial charge in [-0.3, -0.25) is 4.79 Å². The number of nitrogens with zero attached hydrogens (tertiary/aromatic N) is 1. The zero-order valence-electron chi connectivity index (χ0n) is 12.6. The summed E-state index contributed by atoms with van der Waals surface area (Å²) >= 11 is 5.88. The Morgan fingerprint density at radius 1 is 1.48 bits per heavy atom. The Hall–Kier alpha value is -1.26. The maximum Gasteiger partial charge on any atom is 0.255 e. The van der Waals surface area contributed by atoms with Gasteiger partial charge in [0, 0.05) is 30.2 Å². The number of phenols is 1. The van der Waals surface area contributed by atoms with Crippen LogP contribution in [-0.2, 0) is 0 Å². The minimum Gasteiger partial charge on any atom is -0.507 e. The van der Waals surface area contributed by atoms with Crippen molar-refractivity contribution >= 4 is 17.5 Å². The van der Waals surface area contributed by atoms with Gasteiger partial charge in [-0.2, -0.15) is 0 Å². The lowest BCUT2D eigenvalue weighted by atomic mass is 10.0. The molecule has 0 radical (unpaired) electrons. The van der Waals surface area contributed by atoms with Crippen molar-refractivity contribution in [2.24, 2.45) is 0 Å². The molecule has 21 heavy (non-hydrogen) atoms. The maximum atomic E-state index is 12.2. The number of hydrogen-bond donors (Lipinski definition) is 2. The van der Waals surface area contributed by atoms with Crippen LogP contribution in [0.5, 0.6) is 5.75 Å². The first-order chi connectivity index (χ1) is 10.0. The van der Waals surface area contributed by atoms with E-state index < -0.39 is 0 Å². The summed E-state index contributed by atoms with van der Waals surface area (Å²) in [5.41, 5.74) is 0.242. The summed E-state index contributed by atoms with van der Waals surface area (Å²) in [7, 11) is 0. The molecular weight excluding hydrogens is 288 g/mol. The van der Waals surface area contributed by atoms with Crippen molar-refractivity contribution in [3.8, 4) is 5.75 Å². The van der Waals surface area contributed by atoms with Crippen molar-refractivity contribution in [3.05, 3.63) is 28.8 Å². The first-order valence-corrected chi connectivity index (χ1v) is 7.92. The predicted octanol–water partition coefficient (Wildman–Crippen LogP) is 3.04. The number of hydrogen-bond acceptors (Lipinski definition) is 3. The summed E-state index contributed by atoms with van der Waals surface area (Å²) in [4.78, 5) is 14.7. The minimum absolute atomic E-state index is 0.0334. The van der Waals surface area contributed by atoms with E-state index in [1.165, 1.54) is 12.1 Å². The van der Waals surface area contributed by atoms with Gasteiger partial charge in [0.05, 0.1) is 5.56 Å². The molecule has 1 unspecified atom stereocenters. The molecule has 1 aliphatic rings. The number of rotatable bonds is 4. The van der Waals surface area contributed by atoms with Crippen LogP contribution in [0.1, 0.15) is 43.5 Å². The second-order valence-electron chi connectivity index (χ2n) is 5.70. The van der Waals surface area contributed by atoms with E-state index in [2.05, 4.69) is 24.1 Å². The Morgan fingerprint density at radius 2 is 2.14 bits per heavy atom. The van der Waals surface area contributed by atoms with Crippen LogP contribution >= 0.6 is 11.6 Å². The lowest BCUT2D eigenvalue weighted by molar-refractivity contribution is 0.0892. The van der Waals surface area contributed by atoms with E-state index in [1.807, 2.05) is 0 Å². The molecular formula is C16H23ClN2O2. The van der Waals surface area contributed by atoms with Crippen LogP contribution in [0.4, 0.5) is 0 Å². The van der Waals surface area contributed by atoms with Crippen LogP contribution in [-0.4, -0.2) is 41.1 Å². The van der Waals surface area contributed by atoms with Crippen LogP contribution in [0.15, 0.2) is 18.2 Å². The van der Waals surface area contributed by atoms with E-state index in [1.54, 1.807) is 6.07 Å². The summed E-state index contributed by atoms with van der Waals surface area (Å²) in [6.07, 6.45) is 3.03. The van der Waals surface area contributed by atoms with Crippen molar-refractivity contribution in [2.45, 2.75) is 45.2 Å². The summed E-state index contributed by atoms with van der Waals surface area (Å²) in [5, 5.41) is 13.2. The quantitative estimate of drug-likeness (QED) is 0.898. The predicted molar refractivity (Wildman–Crippen MR) is 84.9 cm³/mol. The van der Waals surface area contributed by atoms with E-state index in [4.69, 9.17) is 11.6 Å². The molecule has 5 heteroatoms. The highest BCUT2D eigenvalue weighted by molar-refractivity contribution is 6.31. The van der Waals surface area contributed by atoms with Crippen LogP contribution in [0.2, 0.25) is 5.02 Å². The Morgan fingerprint density at radius 3 is 2.76 bits per heavy atom. The zero-order chi connectivity index (χ0) is 15.4. The molecule has 1 heterocycles. The van der Waals surface area contributed by atoms with Gasteiger partial charge in [0.2, 0.25) is 0 Å². The highest BCUT2D eigenvalue weighted by Gasteiger charge is 2.24. The SMILES string of the molecule is CCC(C)N1CCC(NC(=O)c2cc(Cl)ccc2O)CC1. The van der Waals surface area contributed by atoms with E-state index in [9.17, 15) is 9.90 Å². The molecule has 0 bridgehead atoms. The van der Waals surface area contributed by atoms with Crippen molar-refractivity contribution in [1.82, 2.24) is 10.2 Å². The number of halogens is 1. The van der Waals surface area contributed by atoms with E-state index in [0.717, 1.165) is 32.4 Å². The number of amides is 1. The molecule has 0 saturated carbocycles. The Balaban J connectivity index is 1.91. The number of carbonyl (C=O) groups is 1. The Labute approximate surface area is 131 Å². The fourth-order valence-electron chi connectivity index (χ4n) is 2.70. The number of likely N-dealkylation sites (tertiary alicyclic amines) is 1. The number of piperidine rings is 1. The molecule has 1 fully saturated rings. The summed E-state index contributed by atoms with van der Waals surface area (Å²) in [6.45, 7) is 6.44. The number of aromatic hydroxyl groups is 1. The van der Waals surface area contributed by atoms with Gasteiger partial charge in [-0.15, -0.1) is 0 Å². The third-order valence-electron chi connectivity index (χ3n) is 4.28. The summed E-state index contributed by atoms with van der Waals surface area (Å²) < 4.78 is 0. The number of carbonyl (C=O) groups excluding carboxylic acids is 1. The lowest BCUT2D eigenvalue weighted by Gasteiger charge is -2.36. The molecule has 1 aromatic rings. The largest absolute Gasteiger partial charge is 0.507 e. The molecule has 116 valence electrons. The zero-order valence-corrected chi connectivity index (χ0v) is 13.4. The summed E-state index contributed by atoms with van der Waals surface area (Å²) in [6, 6.07) is 5.27. The smallest absolute Gasteiger partial charge is 0.255 e. The summed E-state index contributed by atoms with van der Waals surface area (Å²) in [5.74, 6) is -0.286. The van der Waals surface area contributed by atoms with Gasteiger partial charge < -0.3 is 15.3 Å². The average molecular weight is 311 g/mol. The molecule has 1 atom stereocenters. The van der Waals surface area contributed by atoms with Crippen molar-refractivity contribution in [1.29, 1.82) is 0 Å². The number of benzene rings is 1. The van der Waals surface area contributed by atoms with Crippen LogP contribution < -0.4 is 5.32 Å². The molecule has 0 aromatic heterocycles.